The van der Waals surface area contributed by atoms with Crippen molar-refractivity contribution in [1.29, 1.82) is 10.5 Å². The van der Waals surface area contributed by atoms with Crippen LogP contribution in [0.1, 0.15) is 26.2 Å². The maximum Gasteiger partial charge on any atom is 0.345 e. The molecule has 96 valence electrons. The zero-order chi connectivity index (χ0) is 14.6. The molecule has 18 heavy (non-hydrogen) atoms. The number of aliphatic carboxylic acids is 2. The Morgan fingerprint density at radius 3 is 2.06 bits per heavy atom. The molecule has 0 aromatic heterocycles. The van der Waals surface area contributed by atoms with Gasteiger partial charge in [-0.15, -0.1) is 0 Å². The molecule has 0 spiro atoms. The van der Waals surface area contributed by atoms with Crippen LogP contribution in [-0.4, -0.2) is 22.2 Å². The Bertz CT molecular complexity index is 424. The van der Waals surface area contributed by atoms with Crippen LogP contribution in [0.15, 0.2) is 23.8 Å². The van der Waals surface area contributed by atoms with Crippen LogP contribution in [0.5, 0.6) is 0 Å². The number of hydrogen-bond donors (Lipinski definition) is 2. The summed E-state index contributed by atoms with van der Waals surface area (Å²) >= 11 is 0. The van der Waals surface area contributed by atoms with Crippen LogP contribution >= 0.6 is 0 Å². The molecule has 0 unspecified atom stereocenters. The van der Waals surface area contributed by atoms with E-state index >= 15 is 0 Å². The van der Waals surface area contributed by atoms with Crippen molar-refractivity contribution in [3.63, 3.8) is 0 Å². The number of carboxylic acids is 2. The van der Waals surface area contributed by atoms with Gasteiger partial charge in [0.05, 0.1) is 6.07 Å². The summed E-state index contributed by atoms with van der Waals surface area (Å²) in [4.78, 5) is 20.0. The molecule has 0 radical (unpaired) electrons. The lowest BCUT2D eigenvalue weighted by atomic mass is 10.1. The van der Waals surface area contributed by atoms with Gasteiger partial charge in [-0.1, -0.05) is 19.9 Å². The Kier molecular flexibility index (Phi) is 10.8. The fourth-order valence-corrected chi connectivity index (χ4v) is 0.734. The number of allylic oxidation sites excluding steroid dienone is 1. The van der Waals surface area contributed by atoms with E-state index in [2.05, 4.69) is 6.58 Å². The normalized spacial score (nSPS) is 9.17. The van der Waals surface area contributed by atoms with Crippen molar-refractivity contribution in [2.75, 3.05) is 0 Å². The standard InChI is InChI=1S/C8H11NO2.C4H3NO2/c1-2-3-4-7(5-6-9)8(10)11;1-3(2-5)4(6)7/h5H,2-4H2,1H3,(H,10,11);1H2,(H,6,7). The molecule has 6 heteroatoms. The lowest BCUT2D eigenvalue weighted by molar-refractivity contribution is -0.133. The molecule has 0 aliphatic heterocycles. The topological polar surface area (TPSA) is 122 Å². The van der Waals surface area contributed by atoms with Crippen LogP contribution in [-0.2, 0) is 9.59 Å². The summed E-state index contributed by atoms with van der Waals surface area (Å²) in [7, 11) is 0. The van der Waals surface area contributed by atoms with Crippen LogP contribution in [0.2, 0.25) is 0 Å². The SMILES string of the molecule is C=C(C#N)C(=O)O.CCCCC(=CC#N)C(=O)O. The van der Waals surface area contributed by atoms with E-state index in [0.717, 1.165) is 18.9 Å². The summed E-state index contributed by atoms with van der Waals surface area (Å²) in [6.07, 6.45) is 3.34. The predicted octanol–water partition coefficient (Wildman–Crippen LogP) is 1.86. The van der Waals surface area contributed by atoms with E-state index in [4.69, 9.17) is 20.7 Å². The molecule has 0 aromatic carbocycles. The second-order valence-electron chi connectivity index (χ2n) is 3.10. The third kappa shape index (κ3) is 9.94. The summed E-state index contributed by atoms with van der Waals surface area (Å²) in [6.45, 7) is 4.89. The molecule has 0 aromatic rings. The van der Waals surface area contributed by atoms with Crippen molar-refractivity contribution in [3.05, 3.63) is 23.8 Å². The Labute approximate surface area is 105 Å². The van der Waals surface area contributed by atoms with Gasteiger partial charge >= 0.3 is 11.9 Å². The molecule has 0 atom stereocenters. The zero-order valence-electron chi connectivity index (χ0n) is 10.0. The van der Waals surface area contributed by atoms with Gasteiger partial charge in [0.1, 0.15) is 11.6 Å². The van der Waals surface area contributed by atoms with Gasteiger partial charge in [0.2, 0.25) is 0 Å². The van der Waals surface area contributed by atoms with Gasteiger partial charge in [-0.2, -0.15) is 10.5 Å². The molecular formula is C12H14N2O4. The van der Waals surface area contributed by atoms with Crippen LogP contribution in [0.3, 0.4) is 0 Å². The third-order valence-corrected chi connectivity index (χ3v) is 1.71. The van der Waals surface area contributed by atoms with Crippen molar-refractivity contribution in [3.8, 4) is 12.1 Å². The molecule has 0 saturated heterocycles. The fraction of sp³-hybridized carbons (Fsp3) is 0.333. The van der Waals surface area contributed by atoms with Crippen molar-refractivity contribution in [2.24, 2.45) is 0 Å². The highest BCUT2D eigenvalue weighted by Crippen LogP contribution is 2.06. The summed E-state index contributed by atoms with van der Waals surface area (Å²) in [5, 5.41) is 32.3. The highest BCUT2D eigenvalue weighted by Gasteiger charge is 2.04. The predicted molar refractivity (Wildman–Crippen MR) is 63.2 cm³/mol. The minimum atomic E-state index is -1.26. The molecule has 2 N–H and O–H groups in total. The molecule has 0 heterocycles. The first-order valence-corrected chi connectivity index (χ1v) is 5.04. The van der Waals surface area contributed by atoms with E-state index in [1.165, 1.54) is 6.07 Å². The van der Waals surface area contributed by atoms with Crippen LogP contribution in [0, 0.1) is 22.7 Å². The molecular weight excluding hydrogens is 236 g/mol. The van der Waals surface area contributed by atoms with E-state index in [1.54, 1.807) is 6.07 Å². The number of nitrogens with zero attached hydrogens (tertiary/aromatic N) is 2. The summed E-state index contributed by atoms with van der Waals surface area (Å²) < 4.78 is 0. The van der Waals surface area contributed by atoms with Gasteiger partial charge < -0.3 is 10.2 Å². The van der Waals surface area contributed by atoms with Gasteiger partial charge in [0, 0.05) is 11.6 Å². The van der Waals surface area contributed by atoms with E-state index in [-0.39, 0.29) is 5.57 Å². The van der Waals surface area contributed by atoms with Crippen molar-refractivity contribution in [1.82, 2.24) is 0 Å². The van der Waals surface area contributed by atoms with E-state index in [0.29, 0.717) is 6.42 Å². The van der Waals surface area contributed by atoms with Gasteiger partial charge in [-0.05, 0) is 12.8 Å². The van der Waals surface area contributed by atoms with Crippen molar-refractivity contribution in [2.45, 2.75) is 26.2 Å². The fourth-order valence-electron chi connectivity index (χ4n) is 0.734. The molecule has 6 nitrogen and oxygen atoms in total. The number of hydrogen-bond acceptors (Lipinski definition) is 4. The molecule has 0 amide bonds. The first-order chi connectivity index (χ1) is 8.40. The van der Waals surface area contributed by atoms with Crippen LogP contribution in [0.25, 0.3) is 0 Å². The zero-order valence-corrected chi connectivity index (χ0v) is 10.0. The lowest BCUT2D eigenvalue weighted by Crippen LogP contribution is -1.99. The third-order valence-electron chi connectivity index (χ3n) is 1.71. The van der Waals surface area contributed by atoms with Crippen LogP contribution < -0.4 is 0 Å². The number of nitriles is 2. The number of carbonyl (C=O) groups is 2. The maximum absolute atomic E-state index is 10.4. The van der Waals surface area contributed by atoms with Gasteiger partial charge in [-0.25, -0.2) is 9.59 Å². The second-order valence-corrected chi connectivity index (χ2v) is 3.10. The molecule has 0 rings (SSSR count). The Morgan fingerprint density at radius 1 is 1.28 bits per heavy atom. The first kappa shape index (κ1) is 17.8. The molecule has 0 saturated carbocycles. The highest BCUT2D eigenvalue weighted by atomic mass is 16.4. The molecule has 0 aliphatic carbocycles. The van der Waals surface area contributed by atoms with E-state index in [1.807, 2.05) is 6.92 Å². The number of rotatable bonds is 5. The Balaban J connectivity index is 0. The molecule has 0 bridgehead atoms. The largest absolute Gasteiger partial charge is 0.478 e. The summed E-state index contributed by atoms with van der Waals surface area (Å²) in [6, 6.07) is 3.09. The van der Waals surface area contributed by atoms with Gasteiger partial charge in [0.15, 0.2) is 0 Å². The van der Waals surface area contributed by atoms with Gasteiger partial charge in [-0.3, -0.25) is 0 Å². The average Bonchev–Trinajstić information content (AvgIpc) is 2.33. The Hall–Kier alpha value is -2.60. The second kappa shape index (κ2) is 10.9. The van der Waals surface area contributed by atoms with E-state index in [9.17, 15) is 9.59 Å². The average molecular weight is 250 g/mol. The molecule has 0 fully saturated rings. The number of unbranched alkanes of at least 4 members (excludes halogenated alkanes) is 1. The highest BCUT2D eigenvalue weighted by molar-refractivity contribution is 5.90. The Morgan fingerprint density at radius 2 is 1.83 bits per heavy atom. The monoisotopic (exact) mass is 250 g/mol. The van der Waals surface area contributed by atoms with Crippen LogP contribution in [0.4, 0.5) is 0 Å². The van der Waals surface area contributed by atoms with Crippen molar-refractivity contribution < 1.29 is 19.8 Å². The maximum atomic E-state index is 10.4. The summed E-state index contributed by atoms with van der Waals surface area (Å²) in [5.41, 5.74) is -0.227. The van der Waals surface area contributed by atoms with Crippen molar-refractivity contribution >= 4 is 11.9 Å². The first-order valence-electron chi connectivity index (χ1n) is 5.04. The minimum absolute atomic E-state index is 0.203. The smallest absolute Gasteiger partial charge is 0.345 e. The minimum Gasteiger partial charge on any atom is -0.478 e. The number of carboxylic acid groups (broad SMARTS) is 2. The summed E-state index contributed by atoms with van der Waals surface area (Å²) in [5.74, 6) is -2.25. The van der Waals surface area contributed by atoms with Gasteiger partial charge in [0.25, 0.3) is 0 Å². The quantitative estimate of drug-likeness (QED) is 0.567. The molecule has 0 aliphatic rings. The van der Waals surface area contributed by atoms with E-state index < -0.39 is 17.5 Å². The lowest BCUT2D eigenvalue weighted by Gasteiger charge is -1.96.